The van der Waals surface area contributed by atoms with E-state index in [-0.39, 0.29) is 12.5 Å². The Bertz CT molecular complexity index is 569. The third-order valence-corrected chi connectivity index (χ3v) is 3.82. The summed E-state index contributed by atoms with van der Waals surface area (Å²) in [5.74, 6) is -0.177. The molecule has 0 saturated carbocycles. The maximum Gasteiger partial charge on any atom is 0.253 e. The van der Waals surface area contributed by atoms with Crippen LogP contribution >= 0.6 is 11.3 Å². The molecule has 3 N–H and O–H groups in total. The Morgan fingerprint density at radius 1 is 1.33 bits per heavy atom. The highest BCUT2D eigenvalue weighted by Gasteiger charge is 2.13. The third kappa shape index (κ3) is 4.31. The highest BCUT2D eigenvalue weighted by molar-refractivity contribution is 7.07. The lowest BCUT2D eigenvalue weighted by molar-refractivity contribution is 0.0917. The molecule has 0 saturated heterocycles. The molecule has 0 aliphatic rings. The van der Waals surface area contributed by atoms with Crippen molar-refractivity contribution in [1.29, 1.82) is 0 Å². The van der Waals surface area contributed by atoms with Gasteiger partial charge in [0.2, 0.25) is 0 Å². The number of benzene rings is 1. The molecule has 1 atom stereocenters. The number of aliphatic hydroxyl groups excluding tert-OH is 1. The maximum absolute atomic E-state index is 12.2. The third-order valence-electron chi connectivity index (χ3n) is 3.12. The summed E-state index contributed by atoms with van der Waals surface area (Å²) in [6.45, 7) is 3.10. The van der Waals surface area contributed by atoms with Crippen molar-refractivity contribution < 1.29 is 9.90 Å². The van der Waals surface area contributed by atoms with Crippen LogP contribution in [0.2, 0.25) is 0 Å². The van der Waals surface area contributed by atoms with E-state index < -0.39 is 6.10 Å². The highest BCUT2D eigenvalue weighted by Crippen LogP contribution is 2.17. The maximum atomic E-state index is 12.2. The first-order valence-corrected chi connectivity index (χ1v) is 7.98. The van der Waals surface area contributed by atoms with E-state index in [4.69, 9.17) is 0 Å². The fourth-order valence-corrected chi connectivity index (χ4v) is 2.67. The van der Waals surface area contributed by atoms with Crippen LogP contribution < -0.4 is 10.6 Å². The summed E-state index contributed by atoms with van der Waals surface area (Å²) in [7, 11) is 0. The number of thiophene rings is 1. The number of anilines is 1. The zero-order chi connectivity index (χ0) is 15.1. The number of hydrogen-bond donors (Lipinski definition) is 3. The van der Waals surface area contributed by atoms with Crippen LogP contribution in [0.3, 0.4) is 0 Å². The molecule has 1 heterocycles. The average Bonchev–Trinajstić information content (AvgIpc) is 3.05. The van der Waals surface area contributed by atoms with Gasteiger partial charge in [0.1, 0.15) is 0 Å². The Kier molecular flexibility index (Phi) is 5.78. The van der Waals surface area contributed by atoms with Gasteiger partial charge in [0, 0.05) is 18.8 Å². The molecule has 21 heavy (non-hydrogen) atoms. The topological polar surface area (TPSA) is 61.4 Å². The standard InChI is InChI=1S/C16H20N2O2S/c1-2-8-17-14-6-4-3-5-13(14)16(20)18-10-15(19)12-7-9-21-11-12/h3-7,9,11,15,17,19H,2,8,10H2,1H3,(H,18,20). The number of aliphatic hydroxyl groups is 1. The fourth-order valence-electron chi connectivity index (χ4n) is 1.96. The minimum Gasteiger partial charge on any atom is -0.387 e. The molecule has 2 rings (SSSR count). The van der Waals surface area contributed by atoms with Crippen molar-refractivity contribution in [2.45, 2.75) is 19.4 Å². The van der Waals surface area contributed by atoms with E-state index in [1.54, 1.807) is 6.07 Å². The van der Waals surface area contributed by atoms with Crippen molar-refractivity contribution in [2.24, 2.45) is 0 Å². The molecule has 0 spiro atoms. The van der Waals surface area contributed by atoms with E-state index >= 15 is 0 Å². The Morgan fingerprint density at radius 2 is 2.14 bits per heavy atom. The van der Waals surface area contributed by atoms with Crippen LogP contribution in [0.5, 0.6) is 0 Å². The van der Waals surface area contributed by atoms with Crippen molar-refractivity contribution in [2.75, 3.05) is 18.4 Å². The fraction of sp³-hybridized carbons (Fsp3) is 0.312. The van der Waals surface area contributed by atoms with Crippen LogP contribution in [-0.4, -0.2) is 24.1 Å². The summed E-state index contributed by atoms with van der Waals surface area (Å²) < 4.78 is 0. The minimum absolute atomic E-state index is 0.177. The largest absolute Gasteiger partial charge is 0.387 e. The summed E-state index contributed by atoms with van der Waals surface area (Å²) in [6, 6.07) is 9.26. The van der Waals surface area contributed by atoms with Crippen molar-refractivity contribution in [1.82, 2.24) is 5.32 Å². The Hall–Kier alpha value is -1.85. The molecule has 4 nitrogen and oxygen atoms in total. The van der Waals surface area contributed by atoms with Crippen molar-refractivity contribution in [3.8, 4) is 0 Å². The van der Waals surface area contributed by atoms with Crippen LogP contribution in [0.25, 0.3) is 0 Å². The SMILES string of the molecule is CCCNc1ccccc1C(=O)NCC(O)c1ccsc1. The van der Waals surface area contributed by atoms with Gasteiger partial charge < -0.3 is 15.7 Å². The quantitative estimate of drug-likeness (QED) is 0.737. The molecule has 1 aromatic carbocycles. The van der Waals surface area contributed by atoms with Gasteiger partial charge in [0.15, 0.2) is 0 Å². The van der Waals surface area contributed by atoms with Crippen LogP contribution in [0.15, 0.2) is 41.1 Å². The summed E-state index contributed by atoms with van der Waals surface area (Å²) in [5.41, 5.74) is 2.25. The molecule has 0 radical (unpaired) electrons. The molecular weight excluding hydrogens is 284 g/mol. The average molecular weight is 304 g/mol. The van der Waals surface area contributed by atoms with E-state index in [0.29, 0.717) is 5.56 Å². The Labute approximate surface area is 128 Å². The second-order valence-corrected chi connectivity index (χ2v) is 5.53. The van der Waals surface area contributed by atoms with Gasteiger partial charge >= 0.3 is 0 Å². The highest BCUT2D eigenvalue weighted by atomic mass is 32.1. The van der Waals surface area contributed by atoms with E-state index in [0.717, 1.165) is 24.2 Å². The molecule has 0 aliphatic carbocycles. The number of para-hydroxylation sites is 1. The Balaban J connectivity index is 1.97. The number of carbonyl (C=O) groups excluding carboxylic acids is 1. The number of carbonyl (C=O) groups is 1. The van der Waals surface area contributed by atoms with Gasteiger partial charge in [-0.2, -0.15) is 11.3 Å². The molecule has 1 aromatic heterocycles. The van der Waals surface area contributed by atoms with Gasteiger partial charge in [-0.1, -0.05) is 19.1 Å². The second kappa shape index (κ2) is 7.81. The van der Waals surface area contributed by atoms with Gasteiger partial charge in [-0.3, -0.25) is 4.79 Å². The smallest absolute Gasteiger partial charge is 0.253 e. The van der Waals surface area contributed by atoms with E-state index in [2.05, 4.69) is 17.6 Å². The lowest BCUT2D eigenvalue weighted by Gasteiger charge is -2.13. The zero-order valence-corrected chi connectivity index (χ0v) is 12.8. The van der Waals surface area contributed by atoms with E-state index in [1.165, 1.54) is 11.3 Å². The summed E-state index contributed by atoms with van der Waals surface area (Å²) in [5, 5.41) is 19.8. The number of amides is 1. The van der Waals surface area contributed by atoms with Gasteiger partial charge in [0.05, 0.1) is 11.7 Å². The minimum atomic E-state index is -0.670. The molecule has 0 bridgehead atoms. The molecular formula is C16H20N2O2S. The number of hydrogen-bond acceptors (Lipinski definition) is 4. The van der Waals surface area contributed by atoms with Crippen LogP contribution in [0.1, 0.15) is 35.4 Å². The Morgan fingerprint density at radius 3 is 2.86 bits per heavy atom. The molecule has 5 heteroatoms. The van der Waals surface area contributed by atoms with Crippen molar-refractivity contribution in [3.05, 3.63) is 52.2 Å². The zero-order valence-electron chi connectivity index (χ0n) is 12.0. The van der Waals surface area contributed by atoms with Crippen LogP contribution in [-0.2, 0) is 0 Å². The molecule has 112 valence electrons. The first-order valence-electron chi connectivity index (χ1n) is 7.03. The van der Waals surface area contributed by atoms with Crippen LogP contribution in [0, 0.1) is 0 Å². The van der Waals surface area contributed by atoms with E-state index in [1.807, 2.05) is 35.0 Å². The monoisotopic (exact) mass is 304 g/mol. The number of nitrogens with one attached hydrogen (secondary N) is 2. The summed E-state index contributed by atoms with van der Waals surface area (Å²) >= 11 is 1.53. The lowest BCUT2D eigenvalue weighted by atomic mass is 10.1. The van der Waals surface area contributed by atoms with Gasteiger partial charge in [0.25, 0.3) is 5.91 Å². The van der Waals surface area contributed by atoms with Gasteiger partial charge in [-0.25, -0.2) is 0 Å². The predicted octanol–water partition coefficient (Wildman–Crippen LogP) is 3.03. The summed E-state index contributed by atoms with van der Waals surface area (Å²) in [4.78, 5) is 12.2. The van der Waals surface area contributed by atoms with Crippen LogP contribution in [0.4, 0.5) is 5.69 Å². The molecule has 2 aromatic rings. The van der Waals surface area contributed by atoms with E-state index in [9.17, 15) is 9.90 Å². The first kappa shape index (κ1) is 15.5. The molecule has 0 aliphatic heterocycles. The second-order valence-electron chi connectivity index (χ2n) is 4.75. The van der Waals surface area contributed by atoms with Gasteiger partial charge in [-0.15, -0.1) is 0 Å². The summed E-state index contributed by atoms with van der Waals surface area (Å²) in [6.07, 6.45) is 0.322. The van der Waals surface area contributed by atoms with Crippen molar-refractivity contribution >= 4 is 22.9 Å². The van der Waals surface area contributed by atoms with Gasteiger partial charge in [-0.05, 0) is 40.9 Å². The molecule has 0 fully saturated rings. The molecule has 1 amide bonds. The number of rotatable bonds is 7. The first-order chi connectivity index (χ1) is 10.2. The van der Waals surface area contributed by atoms with Crippen molar-refractivity contribution in [3.63, 3.8) is 0 Å². The molecule has 1 unspecified atom stereocenters. The normalized spacial score (nSPS) is 11.9. The lowest BCUT2D eigenvalue weighted by Crippen LogP contribution is -2.29. The predicted molar refractivity (Wildman–Crippen MR) is 86.8 cm³/mol.